The number of carbonyl (C=O) groups excluding carboxylic acids is 1. The lowest BCUT2D eigenvalue weighted by Gasteiger charge is -2.24. The fourth-order valence-electron chi connectivity index (χ4n) is 3.22. The van der Waals surface area contributed by atoms with E-state index in [-0.39, 0.29) is 5.91 Å². The van der Waals surface area contributed by atoms with Crippen LogP contribution in [-0.4, -0.2) is 52.9 Å². The fraction of sp³-hybridized carbons (Fsp3) is 0.556. The summed E-state index contributed by atoms with van der Waals surface area (Å²) < 4.78 is 7.51. The minimum atomic E-state index is 0.162. The molecule has 0 N–H and O–H groups in total. The van der Waals surface area contributed by atoms with Crippen molar-refractivity contribution in [1.29, 1.82) is 0 Å². The molecule has 6 heteroatoms. The number of thioether (sulfide) groups is 1. The maximum Gasteiger partial charge on any atom is 0.242 e. The van der Waals surface area contributed by atoms with Gasteiger partial charge in [-0.2, -0.15) is 11.8 Å². The maximum atomic E-state index is 12.9. The van der Waals surface area contributed by atoms with Crippen molar-refractivity contribution < 1.29 is 9.53 Å². The van der Waals surface area contributed by atoms with E-state index in [4.69, 9.17) is 9.72 Å². The Kier molecular flexibility index (Phi) is 5.79. The maximum absolute atomic E-state index is 12.9. The predicted molar refractivity (Wildman–Crippen MR) is 98.1 cm³/mol. The van der Waals surface area contributed by atoms with Crippen LogP contribution in [0.2, 0.25) is 0 Å². The Morgan fingerprint density at radius 3 is 3.00 bits per heavy atom. The van der Waals surface area contributed by atoms with Crippen molar-refractivity contribution in [2.45, 2.75) is 25.6 Å². The van der Waals surface area contributed by atoms with Gasteiger partial charge in [-0.05, 0) is 31.7 Å². The van der Waals surface area contributed by atoms with Crippen molar-refractivity contribution in [1.82, 2.24) is 14.5 Å². The van der Waals surface area contributed by atoms with Crippen LogP contribution in [0.3, 0.4) is 0 Å². The highest BCUT2D eigenvalue weighted by Gasteiger charge is 2.22. The number of aromatic nitrogens is 2. The molecule has 1 aromatic heterocycles. The number of rotatable bonds is 7. The summed E-state index contributed by atoms with van der Waals surface area (Å²) in [7, 11) is 0. The van der Waals surface area contributed by atoms with Gasteiger partial charge in [-0.25, -0.2) is 4.98 Å². The number of hydrogen-bond donors (Lipinski definition) is 0. The highest BCUT2D eigenvalue weighted by Crippen LogP contribution is 2.20. The molecule has 1 fully saturated rings. The van der Waals surface area contributed by atoms with E-state index in [1.807, 2.05) is 36.1 Å². The van der Waals surface area contributed by atoms with Crippen LogP contribution >= 0.6 is 11.8 Å². The summed E-state index contributed by atoms with van der Waals surface area (Å²) in [5, 5.41) is 0. The van der Waals surface area contributed by atoms with E-state index in [2.05, 4.69) is 10.8 Å². The van der Waals surface area contributed by atoms with E-state index in [1.54, 1.807) is 11.8 Å². The predicted octanol–water partition coefficient (Wildman–Crippen LogP) is 2.78. The first-order valence-electron chi connectivity index (χ1n) is 8.51. The Labute approximate surface area is 147 Å². The molecule has 0 radical (unpaired) electrons. The molecule has 130 valence electrons. The van der Waals surface area contributed by atoms with Crippen LogP contribution in [0.5, 0.6) is 0 Å². The lowest BCUT2D eigenvalue weighted by Crippen LogP contribution is -2.37. The molecule has 1 amide bonds. The van der Waals surface area contributed by atoms with Gasteiger partial charge in [0, 0.05) is 25.6 Å². The smallest absolute Gasteiger partial charge is 0.242 e. The van der Waals surface area contributed by atoms with Gasteiger partial charge in [0.2, 0.25) is 5.91 Å². The first-order chi connectivity index (χ1) is 11.7. The van der Waals surface area contributed by atoms with Gasteiger partial charge >= 0.3 is 0 Å². The number of para-hydroxylation sites is 2. The molecule has 0 bridgehead atoms. The summed E-state index contributed by atoms with van der Waals surface area (Å²) in [6.07, 6.45) is 3.11. The summed E-state index contributed by atoms with van der Waals surface area (Å²) in [4.78, 5) is 19.5. The third kappa shape index (κ3) is 3.75. The molecular weight excluding hydrogens is 322 g/mol. The Balaban J connectivity index is 1.79. The van der Waals surface area contributed by atoms with Crippen LogP contribution < -0.4 is 0 Å². The van der Waals surface area contributed by atoms with Crippen molar-refractivity contribution in [3.05, 3.63) is 30.1 Å². The Morgan fingerprint density at radius 2 is 2.29 bits per heavy atom. The van der Waals surface area contributed by atoms with E-state index in [9.17, 15) is 4.79 Å². The van der Waals surface area contributed by atoms with Crippen LogP contribution in [0, 0.1) is 5.92 Å². The molecule has 3 rings (SSSR count). The van der Waals surface area contributed by atoms with Gasteiger partial charge in [-0.1, -0.05) is 12.1 Å². The lowest BCUT2D eigenvalue weighted by atomic mass is 10.1. The SMILES string of the molecule is CCN(CC1CCOC1)C(=O)Cn1c(CSC)nc2ccccc21. The molecule has 24 heavy (non-hydrogen) atoms. The van der Waals surface area contributed by atoms with Gasteiger partial charge in [0.15, 0.2) is 0 Å². The van der Waals surface area contributed by atoms with Crippen LogP contribution in [-0.2, 0) is 21.8 Å². The zero-order chi connectivity index (χ0) is 16.9. The number of amides is 1. The van der Waals surface area contributed by atoms with Gasteiger partial charge in [0.25, 0.3) is 0 Å². The van der Waals surface area contributed by atoms with Gasteiger partial charge < -0.3 is 14.2 Å². The highest BCUT2D eigenvalue weighted by atomic mass is 32.2. The molecule has 1 aromatic carbocycles. The molecule has 0 spiro atoms. The summed E-state index contributed by atoms with van der Waals surface area (Å²) >= 11 is 1.73. The quantitative estimate of drug-likeness (QED) is 0.773. The third-order valence-electron chi connectivity index (χ3n) is 4.54. The topological polar surface area (TPSA) is 47.4 Å². The Hall–Kier alpha value is -1.53. The minimum Gasteiger partial charge on any atom is -0.381 e. The van der Waals surface area contributed by atoms with E-state index >= 15 is 0 Å². The first-order valence-corrected chi connectivity index (χ1v) is 9.91. The number of likely N-dealkylation sites (N-methyl/N-ethyl adjacent to an activating group) is 1. The average molecular weight is 347 g/mol. The zero-order valence-electron chi connectivity index (χ0n) is 14.4. The number of fused-ring (bicyclic) bond motifs is 1. The second-order valence-corrected chi connectivity index (χ2v) is 7.06. The molecule has 0 aliphatic carbocycles. The fourth-order valence-corrected chi connectivity index (χ4v) is 3.70. The molecule has 0 saturated carbocycles. The number of hydrogen-bond acceptors (Lipinski definition) is 4. The monoisotopic (exact) mass is 347 g/mol. The summed E-state index contributed by atoms with van der Waals surface area (Å²) in [6, 6.07) is 8.04. The molecule has 1 atom stereocenters. The Morgan fingerprint density at radius 1 is 1.46 bits per heavy atom. The van der Waals surface area contributed by atoms with Crippen molar-refractivity contribution in [2.75, 3.05) is 32.6 Å². The zero-order valence-corrected chi connectivity index (χ0v) is 15.2. The van der Waals surface area contributed by atoms with E-state index in [0.717, 1.165) is 55.3 Å². The standard InChI is InChI=1S/C18H25N3O2S/c1-3-20(10-14-8-9-23-12-14)18(22)11-21-16-7-5-4-6-15(16)19-17(21)13-24-2/h4-7,14H,3,8-13H2,1-2H3. The van der Waals surface area contributed by atoms with Crippen molar-refractivity contribution in [3.63, 3.8) is 0 Å². The second kappa shape index (κ2) is 8.03. The van der Waals surface area contributed by atoms with Gasteiger partial charge in [-0.3, -0.25) is 4.79 Å². The van der Waals surface area contributed by atoms with Crippen molar-refractivity contribution in [3.8, 4) is 0 Å². The molecule has 1 saturated heterocycles. The molecule has 1 aliphatic rings. The van der Waals surface area contributed by atoms with Crippen LogP contribution in [0.1, 0.15) is 19.2 Å². The van der Waals surface area contributed by atoms with Crippen LogP contribution in [0.4, 0.5) is 0 Å². The number of imidazole rings is 1. The molecule has 1 aliphatic heterocycles. The van der Waals surface area contributed by atoms with Gasteiger partial charge in [-0.15, -0.1) is 0 Å². The summed E-state index contributed by atoms with van der Waals surface area (Å²) in [5.74, 6) is 2.41. The van der Waals surface area contributed by atoms with Crippen LogP contribution in [0.25, 0.3) is 11.0 Å². The molecule has 1 unspecified atom stereocenters. The normalized spacial score (nSPS) is 17.5. The third-order valence-corrected chi connectivity index (χ3v) is 5.08. The largest absolute Gasteiger partial charge is 0.381 e. The number of ether oxygens (including phenoxy) is 1. The first kappa shape index (κ1) is 17.3. The number of nitrogens with zero attached hydrogens (tertiary/aromatic N) is 3. The van der Waals surface area contributed by atoms with Crippen molar-refractivity contribution >= 4 is 28.7 Å². The van der Waals surface area contributed by atoms with Gasteiger partial charge in [0.1, 0.15) is 12.4 Å². The van der Waals surface area contributed by atoms with E-state index in [0.29, 0.717) is 12.5 Å². The Bertz CT molecular complexity index is 695. The minimum absolute atomic E-state index is 0.162. The lowest BCUT2D eigenvalue weighted by molar-refractivity contribution is -0.132. The molecule has 2 aromatic rings. The molecule has 2 heterocycles. The molecular formula is C18H25N3O2S. The van der Waals surface area contributed by atoms with E-state index < -0.39 is 0 Å². The number of benzene rings is 1. The highest BCUT2D eigenvalue weighted by molar-refractivity contribution is 7.97. The van der Waals surface area contributed by atoms with E-state index in [1.165, 1.54) is 0 Å². The summed E-state index contributed by atoms with van der Waals surface area (Å²) in [5.41, 5.74) is 2.00. The molecule has 5 nitrogen and oxygen atoms in total. The second-order valence-electron chi connectivity index (χ2n) is 6.20. The number of carbonyl (C=O) groups is 1. The average Bonchev–Trinajstić information content (AvgIpc) is 3.21. The van der Waals surface area contributed by atoms with Crippen molar-refractivity contribution in [2.24, 2.45) is 5.92 Å². The van der Waals surface area contributed by atoms with Crippen LogP contribution in [0.15, 0.2) is 24.3 Å². The van der Waals surface area contributed by atoms with Gasteiger partial charge in [0.05, 0.1) is 23.4 Å². The summed E-state index contributed by atoms with van der Waals surface area (Å²) in [6.45, 7) is 5.52.